The fourth-order valence-electron chi connectivity index (χ4n) is 1.74. The first-order chi connectivity index (χ1) is 7.24. The van der Waals surface area contributed by atoms with E-state index in [9.17, 15) is 5.11 Å². The zero-order valence-corrected chi connectivity index (χ0v) is 8.22. The molecule has 0 radical (unpaired) electrons. The van der Waals surface area contributed by atoms with Gasteiger partial charge < -0.3 is 19.3 Å². The van der Waals surface area contributed by atoms with Gasteiger partial charge in [-0.05, 0) is 19.3 Å². The summed E-state index contributed by atoms with van der Waals surface area (Å²) in [5, 5.41) is 9.24. The van der Waals surface area contributed by atoms with E-state index in [2.05, 4.69) is 0 Å². The number of aliphatic hydroxyl groups is 1. The molecule has 2 rings (SSSR count). The lowest BCUT2D eigenvalue weighted by Gasteiger charge is -2.31. The molecule has 0 saturated carbocycles. The Bertz CT molecular complexity index is 166. The van der Waals surface area contributed by atoms with Gasteiger partial charge in [0.25, 0.3) is 0 Å². The number of ether oxygens (including phenoxy) is 3. The molecule has 2 aliphatic rings. The molecule has 4 heteroatoms. The molecule has 0 aromatic carbocycles. The number of hydrogen-bond donors (Lipinski definition) is 1. The highest BCUT2D eigenvalue weighted by Crippen LogP contribution is 2.19. The van der Waals surface area contributed by atoms with Crippen molar-refractivity contribution in [3.05, 3.63) is 0 Å². The Morgan fingerprint density at radius 3 is 2.86 bits per heavy atom. The Kier molecular flexibility index (Phi) is 3.29. The highest BCUT2D eigenvalue weighted by Gasteiger charge is 2.24. The summed E-state index contributed by atoms with van der Waals surface area (Å²) in [4.78, 5) is 0. The predicted octanol–water partition coefficient (Wildman–Crippen LogP) is 0.679. The Labute approximate surface area is 85.6 Å². The van der Waals surface area contributed by atoms with Crippen LogP contribution in [0.3, 0.4) is 0 Å². The van der Waals surface area contributed by atoms with E-state index in [0.717, 1.165) is 25.7 Å². The fourth-order valence-corrected chi connectivity index (χ4v) is 1.74. The van der Waals surface area contributed by atoms with Crippen molar-refractivity contribution in [1.29, 1.82) is 0 Å². The summed E-state index contributed by atoms with van der Waals surface area (Å²) in [5.74, 6) is 0. The van der Waals surface area contributed by atoms with E-state index >= 15 is 0 Å². The van der Waals surface area contributed by atoms with E-state index in [1.54, 1.807) is 0 Å². The van der Waals surface area contributed by atoms with Crippen LogP contribution in [0.25, 0.3) is 0 Å². The van der Waals surface area contributed by atoms with Gasteiger partial charge in [-0.25, -0.2) is 0 Å². The largest absolute Gasteiger partial charge is 0.391 e. The normalized spacial score (nSPS) is 45.9. The van der Waals surface area contributed by atoms with Crippen LogP contribution in [0.4, 0.5) is 0 Å². The smallest absolute Gasteiger partial charge is 0.158 e. The van der Waals surface area contributed by atoms with E-state index in [1.807, 2.05) is 0 Å². The maximum Gasteiger partial charge on any atom is 0.158 e. The van der Waals surface area contributed by atoms with Crippen molar-refractivity contribution >= 4 is 0 Å². The van der Waals surface area contributed by atoms with Gasteiger partial charge in [0.05, 0.1) is 26.8 Å². The molecule has 0 aromatic heterocycles. The Morgan fingerprint density at radius 1 is 1.29 bits per heavy atom. The third-order valence-corrected chi connectivity index (χ3v) is 2.56. The number of aliphatic hydroxyl groups excluding tert-OH is 1. The lowest BCUT2D eigenvalue weighted by Crippen LogP contribution is -2.36. The molecule has 0 aromatic rings. The Hall–Kier alpha value is -0.160. The van der Waals surface area contributed by atoms with Crippen LogP contribution in [0.15, 0.2) is 0 Å². The van der Waals surface area contributed by atoms with Gasteiger partial charge in [-0.1, -0.05) is 0 Å². The van der Waals surface area contributed by atoms with E-state index in [1.165, 1.54) is 0 Å². The van der Waals surface area contributed by atoms with Crippen LogP contribution < -0.4 is 0 Å². The molecule has 2 heterocycles. The summed E-state index contributed by atoms with van der Waals surface area (Å²) in [6.45, 7) is 0.453. The van der Waals surface area contributed by atoms with Crippen molar-refractivity contribution in [3.63, 3.8) is 0 Å². The van der Waals surface area contributed by atoms with Gasteiger partial charge in [0, 0.05) is 13.0 Å². The quantitative estimate of drug-likeness (QED) is 0.718. The van der Waals surface area contributed by atoms with Gasteiger partial charge in [0.2, 0.25) is 0 Å². The van der Waals surface area contributed by atoms with Crippen LogP contribution in [0, 0.1) is 0 Å². The van der Waals surface area contributed by atoms with Crippen LogP contribution in [0.1, 0.15) is 27.1 Å². The van der Waals surface area contributed by atoms with Gasteiger partial charge >= 0.3 is 0 Å². The molecule has 82 valence electrons. The van der Waals surface area contributed by atoms with Gasteiger partial charge in [-0.2, -0.15) is 0 Å². The molecule has 4 unspecified atom stereocenters. The average Bonchev–Trinajstić information content (AvgIpc) is 2.25. The van der Waals surface area contributed by atoms with Crippen LogP contribution >= 0.6 is 0 Å². The molecule has 2 fully saturated rings. The molecule has 0 bridgehead atoms. The third kappa shape index (κ3) is 2.92. The lowest BCUT2D eigenvalue weighted by atomic mass is 10.1. The second kappa shape index (κ2) is 5.07. The molecule has 1 N–H and O–H groups in total. The van der Waals surface area contributed by atoms with Crippen LogP contribution in [-0.4, -0.2) is 43.4 Å². The van der Waals surface area contributed by atoms with Gasteiger partial charge in [-0.3, -0.25) is 0 Å². The minimum Gasteiger partial charge on any atom is -0.391 e. The van der Waals surface area contributed by atoms with Crippen molar-refractivity contribution in [2.24, 2.45) is 0 Å². The molecule has 14 heavy (non-hydrogen) atoms. The molecule has 4 nitrogen and oxygen atoms in total. The first kappa shape index (κ1) is 9.09. The molecule has 0 spiro atoms. The van der Waals surface area contributed by atoms with E-state index in [-0.39, 0.29) is 25.1 Å². The maximum absolute atomic E-state index is 9.24. The topological polar surface area (TPSA) is 47.9 Å². The van der Waals surface area contributed by atoms with Crippen molar-refractivity contribution < 1.29 is 20.7 Å². The molecular formula is C10H18O4. The zero-order valence-electron chi connectivity index (χ0n) is 9.22. The molecule has 4 atom stereocenters. The Balaban J connectivity index is 1.68. The summed E-state index contributed by atoms with van der Waals surface area (Å²) < 4.78 is 23.6. The average molecular weight is 204 g/mol. The van der Waals surface area contributed by atoms with Gasteiger partial charge in [0.15, 0.2) is 6.29 Å². The second-order valence-electron chi connectivity index (χ2n) is 3.83. The standard InChI is InChI=1S/C10H18O4/c11-8-3-4-10(13-6-8)14-9-2-1-5-12-7-9/h8-11H,1-7H2/i5T. The summed E-state index contributed by atoms with van der Waals surface area (Å²) >= 11 is 0. The van der Waals surface area contributed by atoms with E-state index in [4.69, 9.17) is 15.6 Å². The SMILES string of the molecule is [3H]C1CCC(OC2CCC(O)CO2)CO1. The Morgan fingerprint density at radius 2 is 2.21 bits per heavy atom. The first-order valence-corrected chi connectivity index (χ1v) is 5.23. The van der Waals surface area contributed by atoms with E-state index < -0.39 is 0 Å². The summed E-state index contributed by atoms with van der Waals surface area (Å²) in [7, 11) is 0. The van der Waals surface area contributed by atoms with Crippen LogP contribution in [0.5, 0.6) is 0 Å². The molecule has 2 aliphatic heterocycles. The third-order valence-electron chi connectivity index (χ3n) is 2.56. The second-order valence-corrected chi connectivity index (χ2v) is 3.83. The fraction of sp³-hybridized carbons (Fsp3) is 1.00. The number of hydrogen-bond acceptors (Lipinski definition) is 4. The lowest BCUT2D eigenvalue weighted by molar-refractivity contribution is -0.221. The van der Waals surface area contributed by atoms with Crippen molar-refractivity contribution in [2.45, 2.75) is 44.2 Å². The van der Waals surface area contributed by atoms with Gasteiger partial charge in [-0.15, -0.1) is 0 Å². The number of rotatable bonds is 2. The monoisotopic (exact) mass is 204 g/mol. The van der Waals surface area contributed by atoms with Crippen molar-refractivity contribution in [3.8, 4) is 0 Å². The highest BCUT2D eigenvalue weighted by molar-refractivity contribution is 4.67. The minimum atomic E-state index is -0.390. The van der Waals surface area contributed by atoms with Crippen molar-refractivity contribution in [1.82, 2.24) is 0 Å². The summed E-state index contributed by atoms with van der Waals surface area (Å²) in [5.41, 5.74) is 0. The molecule has 0 amide bonds. The predicted molar refractivity (Wildman–Crippen MR) is 49.9 cm³/mol. The van der Waals surface area contributed by atoms with E-state index in [0.29, 0.717) is 13.2 Å². The molecule has 0 aliphatic carbocycles. The summed E-state index contributed by atoms with van der Waals surface area (Å²) in [6.07, 6.45) is 2.55. The first-order valence-electron chi connectivity index (χ1n) is 5.81. The maximum atomic E-state index is 9.24. The van der Waals surface area contributed by atoms with Crippen molar-refractivity contribution in [2.75, 3.05) is 19.8 Å². The zero-order chi connectivity index (χ0) is 10.7. The summed E-state index contributed by atoms with van der Waals surface area (Å²) in [6, 6.07) is 0. The molecule has 2 saturated heterocycles. The van der Waals surface area contributed by atoms with Crippen LogP contribution in [-0.2, 0) is 14.2 Å². The minimum absolute atomic E-state index is 0.0480. The van der Waals surface area contributed by atoms with Gasteiger partial charge in [0.1, 0.15) is 0 Å². The highest BCUT2D eigenvalue weighted by atomic mass is 16.7. The molecular weight excluding hydrogens is 184 g/mol. The van der Waals surface area contributed by atoms with Crippen LogP contribution in [0.2, 0.25) is 0 Å².